The molecule has 2 aromatic carbocycles. The standard InChI is InChI=1S/C19H22N4O2S/c1-20-26(24,25)13-15-7-8-19-18(11-15)16(12-22-19)9-10-21-14-23-17-5-3-2-4-6-17/h2-8,11-12,14,20,22H,9-10,13H2,1H3,(H,21,23). The van der Waals surface area contributed by atoms with Crippen LogP contribution in [0.4, 0.5) is 5.69 Å². The first kappa shape index (κ1) is 18.2. The van der Waals surface area contributed by atoms with Gasteiger partial charge in [-0.3, -0.25) is 4.99 Å². The lowest BCUT2D eigenvalue weighted by molar-refractivity contribution is 0.587. The molecule has 0 saturated carbocycles. The number of aliphatic imine (C=N–C) groups is 1. The quantitative estimate of drug-likeness (QED) is 0.421. The van der Waals surface area contributed by atoms with Crippen molar-refractivity contribution in [3.05, 3.63) is 65.9 Å². The van der Waals surface area contributed by atoms with Gasteiger partial charge in [-0.05, 0) is 48.9 Å². The van der Waals surface area contributed by atoms with Gasteiger partial charge >= 0.3 is 0 Å². The molecule has 136 valence electrons. The van der Waals surface area contributed by atoms with Crippen LogP contribution in [0.3, 0.4) is 0 Å². The van der Waals surface area contributed by atoms with Crippen molar-refractivity contribution < 1.29 is 8.42 Å². The second-order valence-electron chi connectivity index (χ2n) is 5.95. The Labute approximate surface area is 153 Å². The molecular formula is C19H22N4O2S. The fourth-order valence-corrected chi connectivity index (χ4v) is 3.48. The lowest BCUT2D eigenvalue weighted by atomic mass is 10.1. The van der Waals surface area contributed by atoms with Crippen LogP contribution in [0.2, 0.25) is 0 Å². The Morgan fingerprint density at radius 3 is 2.73 bits per heavy atom. The lowest BCUT2D eigenvalue weighted by Gasteiger charge is -2.04. The molecule has 0 aliphatic rings. The highest BCUT2D eigenvalue weighted by Gasteiger charge is 2.10. The van der Waals surface area contributed by atoms with Gasteiger partial charge in [0, 0.05) is 29.3 Å². The van der Waals surface area contributed by atoms with Crippen molar-refractivity contribution in [2.75, 3.05) is 18.9 Å². The number of H-pyrrole nitrogens is 1. The second-order valence-corrected chi connectivity index (χ2v) is 7.88. The van der Waals surface area contributed by atoms with E-state index in [2.05, 4.69) is 20.0 Å². The SMILES string of the molecule is CNS(=O)(=O)Cc1ccc2[nH]cc(CCN=CNc3ccccc3)c2c1. The number of aromatic nitrogens is 1. The Hall–Kier alpha value is -2.64. The van der Waals surface area contributed by atoms with E-state index in [1.807, 2.05) is 54.7 Å². The lowest BCUT2D eigenvalue weighted by Crippen LogP contribution is -2.20. The predicted octanol–water partition coefficient (Wildman–Crippen LogP) is 2.90. The summed E-state index contributed by atoms with van der Waals surface area (Å²) in [6.07, 6.45) is 4.44. The van der Waals surface area contributed by atoms with Crippen LogP contribution in [0.15, 0.2) is 59.7 Å². The van der Waals surface area contributed by atoms with Crippen molar-refractivity contribution in [3.63, 3.8) is 0 Å². The topological polar surface area (TPSA) is 86.3 Å². The predicted molar refractivity (Wildman–Crippen MR) is 107 cm³/mol. The number of aromatic amines is 1. The van der Waals surface area contributed by atoms with Gasteiger partial charge in [0.05, 0.1) is 12.1 Å². The molecule has 0 spiro atoms. The molecule has 3 rings (SSSR count). The van der Waals surface area contributed by atoms with Gasteiger partial charge in [-0.25, -0.2) is 13.1 Å². The first-order valence-corrected chi connectivity index (χ1v) is 10.0. The van der Waals surface area contributed by atoms with Crippen LogP contribution in [0.1, 0.15) is 11.1 Å². The van der Waals surface area contributed by atoms with Gasteiger partial charge in [-0.2, -0.15) is 0 Å². The molecule has 7 heteroatoms. The molecule has 0 radical (unpaired) electrons. The Balaban J connectivity index is 1.64. The third kappa shape index (κ3) is 4.71. The monoisotopic (exact) mass is 370 g/mol. The van der Waals surface area contributed by atoms with E-state index in [0.717, 1.165) is 34.1 Å². The summed E-state index contributed by atoms with van der Waals surface area (Å²) >= 11 is 0. The van der Waals surface area contributed by atoms with Gasteiger partial charge in [-0.1, -0.05) is 24.3 Å². The van der Waals surface area contributed by atoms with Crippen molar-refractivity contribution in [2.24, 2.45) is 4.99 Å². The fraction of sp³-hybridized carbons (Fsp3) is 0.211. The third-order valence-corrected chi connectivity index (χ3v) is 5.44. The maximum Gasteiger partial charge on any atom is 0.215 e. The summed E-state index contributed by atoms with van der Waals surface area (Å²) in [6, 6.07) is 15.5. The summed E-state index contributed by atoms with van der Waals surface area (Å²) in [5.41, 5.74) is 3.89. The minimum absolute atomic E-state index is 0.0246. The van der Waals surface area contributed by atoms with Crippen LogP contribution in [0, 0.1) is 0 Å². The molecule has 0 unspecified atom stereocenters. The maximum absolute atomic E-state index is 11.7. The Bertz CT molecular complexity index is 995. The molecular weight excluding hydrogens is 348 g/mol. The Morgan fingerprint density at radius 1 is 1.15 bits per heavy atom. The molecule has 0 aliphatic heterocycles. The molecule has 26 heavy (non-hydrogen) atoms. The molecule has 3 N–H and O–H groups in total. The van der Waals surface area contributed by atoms with E-state index in [0.29, 0.717) is 6.54 Å². The van der Waals surface area contributed by atoms with E-state index in [1.54, 1.807) is 6.34 Å². The molecule has 0 atom stereocenters. The van der Waals surface area contributed by atoms with Gasteiger partial charge < -0.3 is 10.3 Å². The molecule has 6 nitrogen and oxygen atoms in total. The fourth-order valence-electron chi connectivity index (χ4n) is 2.72. The van der Waals surface area contributed by atoms with Gasteiger partial charge in [0.15, 0.2) is 0 Å². The Kier molecular flexibility index (Phi) is 5.70. The molecule has 0 fully saturated rings. The number of sulfonamides is 1. The first-order valence-electron chi connectivity index (χ1n) is 8.37. The molecule has 0 aliphatic carbocycles. The average molecular weight is 370 g/mol. The molecule has 3 aromatic rings. The number of benzene rings is 2. The molecule has 0 amide bonds. The zero-order valence-electron chi connectivity index (χ0n) is 14.6. The van der Waals surface area contributed by atoms with Gasteiger partial charge in [0.2, 0.25) is 10.0 Å². The summed E-state index contributed by atoms with van der Waals surface area (Å²) in [6.45, 7) is 0.645. The van der Waals surface area contributed by atoms with E-state index in [4.69, 9.17) is 0 Å². The summed E-state index contributed by atoms with van der Waals surface area (Å²) in [7, 11) is -1.85. The van der Waals surface area contributed by atoms with Gasteiger partial charge in [0.1, 0.15) is 0 Å². The van der Waals surface area contributed by atoms with Crippen LogP contribution in [0.25, 0.3) is 10.9 Å². The third-order valence-electron chi connectivity index (χ3n) is 4.11. The molecule has 0 saturated heterocycles. The number of hydrogen-bond donors (Lipinski definition) is 3. The number of nitrogens with zero attached hydrogens (tertiary/aromatic N) is 1. The number of anilines is 1. The minimum atomic E-state index is -3.28. The van der Waals surface area contributed by atoms with Gasteiger partial charge in [0.25, 0.3) is 0 Å². The highest BCUT2D eigenvalue weighted by atomic mass is 32.2. The average Bonchev–Trinajstić information content (AvgIpc) is 3.04. The van der Waals surface area contributed by atoms with Crippen molar-refractivity contribution >= 4 is 33.0 Å². The number of rotatable bonds is 8. The largest absolute Gasteiger partial charge is 0.361 e. The summed E-state index contributed by atoms with van der Waals surface area (Å²) in [4.78, 5) is 7.61. The van der Waals surface area contributed by atoms with Crippen LogP contribution >= 0.6 is 0 Å². The Morgan fingerprint density at radius 2 is 1.96 bits per heavy atom. The highest BCUT2D eigenvalue weighted by molar-refractivity contribution is 7.88. The van der Waals surface area contributed by atoms with Crippen molar-refractivity contribution in [3.8, 4) is 0 Å². The summed E-state index contributed by atoms with van der Waals surface area (Å²) < 4.78 is 25.8. The van der Waals surface area contributed by atoms with E-state index in [9.17, 15) is 8.42 Å². The maximum atomic E-state index is 11.7. The first-order chi connectivity index (χ1) is 12.6. The van der Waals surface area contributed by atoms with Crippen LogP contribution in [0.5, 0.6) is 0 Å². The highest BCUT2D eigenvalue weighted by Crippen LogP contribution is 2.21. The second kappa shape index (κ2) is 8.16. The van der Waals surface area contributed by atoms with Crippen molar-refractivity contribution in [1.29, 1.82) is 0 Å². The number of hydrogen-bond acceptors (Lipinski definition) is 3. The summed E-state index contributed by atoms with van der Waals surface area (Å²) in [5.74, 6) is -0.0246. The van der Waals surface area contributed by atoms with Crippen molar-refractivity contribution in [2.45, 2.75) is 12.2 Å². The van der Waals surface area contributed by atoms with Crippen LogP contribution in [-0.4, -0.2) is 33.3 Å². The summed E-state index contributed by atoms with van der Waals surface area (Å²) in [5, 5.41) is 4.17. The van der Waals surface area contributed by atoms with E-state index < -0.39 is 10.0 Å². The zero-order chi connectivity index (χ0) is 18.4. The molecule has 1 heterocycles. The number of nitrogens with one attached hydrogen (secondary N) is 3. The number of fused-ring (bicyclic) bond motifs is 1. The van der Waals surface area contributed by atoms with Crippen LogP contribution < -0.4 is 10.0 Å². The minimum Gasteiger partial charge on any atom is -0.361 e. The normalized spacial score (nSPS) is 12.0. The smallest absolute Gasteiger partial charge is 0.215 e. The van der Waals surface area contributed by atoms with Crippen LogP contribution in [-0.2, 0) is 22.2 Å². The molecule has 0 bridgehead atoms. The van der Waals surface area contributed by atoms with Gasteiger partial charge in [-0.15, -0.1) is 0 Å². The van der Waals surface area contributed by atoms with E-state index in [1.165, 1.54) is 7.05 Å². The van der Waals surface area contributed by atoms with Crippen molar-refractivity contribution in [1.82, 2.24) is 9.71 Å². The van der Waals surface area contributed by atoms with E-state index >= 15 is 0 Å². The van der Waals surface area contributed by atoms with E-state index in [-0.39, 0.29) is 5.75 Å². The molecule has 1 aromatic heterocycles. The number of para-hydroxylation sites is 1. The zero-order valence-corrected chi connectivity index (χ0v) is 15.4.